The molecule has 1 saturated heterocycles. The van der Waals surface area contributed by atoms with Gasteiger partial charge in [-0.25, -0.2) is 12.8 Å². The molecule has 0 aromatic heterocycles. The molecule has 1 aliphatic heterocycles. The van der Waals surface area contributed by atoms with Crippen LogP contribution in [0.25, 0.3) is 0 Å². The van der Waals surface area contributed by atoms with E-state index in [2.05, 4.69) is 0 Å². The Labute approximate surface area is 118 Å². The quantitative estimate of drug-likeness (QED) is 0.840. The Hall–Kier alpha value is -1.63. The van der Waals surface area contributed by atoms with Crippen molar-refractivity contribution in [2.45, 2.75) is 12.8 Å². The van der Waals surface area contributed by atoms with Gasteiger partial charge in [0.1, 0.15) is 12.4 Å². The topological polar surface area (TPSA) is 57.7 Å². The minimum absolute atomic E-state index is 0.167. The lowest BCUT2D eigenvalue weighted by Gasteiger charge is -2.24. The van der Waals surface area contributed by atoms with Crippen LogP contribution in [-0.2, 0) is 14.8 Å². The average Bonchev–Trinajstić information content (AvgIpc) is 2.88. The van der Waals surface area contributed by atoms with Gasteiger partial charge in [0.05, 0.1) is 11.9 Å². The summed E-state index contributed by atoms with van der Waals surface area (Å²) >= 11 is 0. The number of likely N-dealkylation sites (tertiary alicyclic amines) is 1. The van der Waals surface area contributed by atoms with Crippen LogP contribution in [0.4, 0.5) is 10.1 Å². The maximum absolute atomic E-state index is 13.2. The molecule has 5 nitrogen and oxygen atoms in total. The highest BCUT2D eigenvalue weighted by Gasteiger charge is 2.25. The Morgan fingerprint density at radius 1 is 1.35 bits per heavy atom. The van der Waals surface area contributed by atoms with Crippen molar-refractivity contribution in [3.63, 3.8) is 0 Å². The normalized spacial score (nSPS) is 15.4. The molecule has 0 atom stereocenters. The summed E-state index contributed by atoms with van der Waals surface area (Å²) in [6.45, 7) is 1.02. The van der Waals surface area contributed by atoms with Crippen molar-refractivity contribution in [1.29, 1.82) is 0 Å². The average molecular weight is 300 g/mol. The monoisotopic (exact) mass is 300 g/mol. The zero-order chi connectivity index (χ0) is 14.8. The molecule has 1 heterocycles. The summed E-state index contributed by atoms with van der Waals surface area (Å²) in [4.78, 5) is 13.7. The number of halogens is 1. The molecule has 0 spiro atoms. The summed E-state index contributed by atoms with van der Waals surface area (Å²) in [6.07, 6.45) is 2.88. The Balaban J connectivity index is 2.23. The van der Waals surface area contributed by atoms with Crippen LogP contribution >= 0.6 is 0 Å². The summed E-state index contributed by atoms with van der Waals surface area (Å²) in [5.41, 5.74) is 0.167. The van der Waals surface area contributed by atoms with Crippen molar-refractivity contribution >= 4 is 21.6 Å². The van der Waals surface area contributed by atoms with Crippen LogP contribution in [-0.4, -0.2) is 45.1 Å². The zero-order valence-electron chi connectivity index (χ0n) is 11.3. The van der Waals surface area contributed by atoms with E-state index in [1.807, 2.05) is 0 Å². The molecule has 110 valence electrons. The second-order valence-electron chi connectivity index (χ2n) is 4.84. The van der Waals surface area contributed by atoms with Gasteiger partial charge in [-0.3, -0.25) is 9.10 Å². The van der Waals surface area contributed by atoms with Crippen molar-refractivity contribution in [2.75, 3.05) is 30.2 Å². The number of carbonyl (C=O) groups excluding carboxylic acids is 1. The highest BCUT2D eigenvalue weighted by Crippen LogP contribution is 2.19. The van der Waals surface area contributed by atoms with Crippen LogP contribution < -0.4 is 4.31 Å². The van der Waals surface area contributed by atoms with Crippen LogP contribution in [0.2, 0.25) is 0 Å². The van der Waals surface area contributed by atoms with Gasteiger partial charge in [0, 0.05) is 13.1 Å². The van der Waals surface area contributed by atoms with E-state index in [-0.39, 0.29) is 18.1 Å². The third kappa shape index (κ3) is 3.47. The van der Waals surface area contributed by atoms with Gasteiger partial charge in [-0.2, -0.15) is 0 Å². The van der Waals surface area contributed by atoms with Gasteiger partial charge < -0.3 is 4.90 Å². The van der Waals surface area contributed by atoms with Crippen molar-refractivity contribution in [1.82, 2.24) is 4.90 Å². The first-order chi connectivity index (χ1) is 9.38. The van der Waals surface area contributed by atoms with E-state index in [0.717, 1.165) is 29.5 Å². The SMILES string of the molecule is CS(=O)(=O)N(CC(=O)N1CCCC1)c1cccc(F)c1. The number of hydrogen-bond acceptors (Lipinski definition) is 3. The lowest BCUT2D eigenvalue weighted by Crippen LogP contribution is -2.41. The van der Waals surface area contributed by atoms with Gasteiger partial charge in [-0.05, 0) is 31.0 Å². The highest BCUT2D eigenvalue weighted by molar-refractivity contribution is 7.92. The van der Waals surface area contributed by atoms with Gasteiger partial charge in [-0.15, -0.1) is 0 Å². The molecule has 0 aliphatic carbocycles. The lowest BCUT2D eigenvalue weighted by molar-refractivity contribution is -0.128. The largest absolute Gasteiger partial charge is 0.341 e. The molecule has 1 aliphatic rings. The predicted molar refractivity (Wildman–Crippen MR) is 74.4 cm³/mol. The third-order valence-electron chi connectivity index (χ3n) is 3.23. The van der Waals surface area contributed by atoms with E-state index in [9.17, 15) is 17.6 Å². The number of carbonyl (C=O) groups is 1. The summed E-state index contributed by atoms with van der Waals surface area (Å²) < 4.78 is 37.8. The molecule has 7 heteroatoms. The van der Waals surface area contributed by atoms with E-state index < -0.39 is 15.8 Å². The third-order valence-corrected chi connectivity index (χ3v) is 4.37. The maximum atomic E-state index is 13.2. The standard InChI is InChI=1S/C13H17FN2O3S/c1-20(18,19)16(12-6-4-5-11(14)9-12)10-13(17)15-7-2-3-8-15/h4-6,9H,2-3,7-8,10H2,1H3. The summed E-state index contributed by atoms with van der Waals surface area (Å²) in [7, 11) is -3.64. The Bertz CT molecular complexity index is 597. The molecule has 20 heavy (non-hydrogen) atoms. The van der Waals surface area contributed by atoms with E-state index in [1.54, 1.807) is 4.90 Å². The van der Waals surface area contributed by atoms with Crippen LogP contribution in [0.5, 0.6) is 0 Å². The van der Waals surface area contributed by atoms with Gasteiger partial charge in [0.2, 0.25) is 15.9 Å². The molecular formula is C13H17FN2O3S. The highest BCUT2D eigenvalue weighted by atomic mass is 32.2. The molecule has 0 bridgehead atoms. The van der Waals surface area contributed by atoms with Crippen LogP contribution in [0.15, 0.2) is 24.3 Å². The number of nitrogens with zero attached hydrogens (tertiary/aromatic N) is 2. The molecule has 1 aromatic carbocycles. The first-order valence-corrected chi connectivity index (χ1v) is 8.24. The van der Waals surface area contributed by atoms with Gasteiger partial charge in [0.25, 0.3) is 0 Å². The van der Waals surface area contributed by atoms with Crippen LogP contribution in [0.1, 0.15) is 12.8 Å². The van der Waals surface area contributed by atoms with Crippen molar-refractivity contribution in [3.8, 4) is 0 Å². The number of hydrogen-bond donors (Lipinski definition) is 0. The summed E-state index contributed by atoms with van der Waals surface area (Å²) in [6, 6.07) is 5.23. The number of sulfonamides is 1. The molecule has 0 saturated carbocycles. The minimum atomic E-state index is -3.64. The van der Waals surface area contributed by atoms with Crippen molar-refractivity contribution in [3.05, 3.63) is 30.1 Å². The van der Waals surface area contributed by atoms with Crippen LogP contribution in [0.3, 0.4) is 0 Å². The Morgan fingerprint density at radius 3 is 2.55 bits per heavy atom. The fourth-order valence-corrected chi connectivity index (χ4v) is 3.06. The maximum Gasteiger partial charge on any atom is 0.243 e. The summed E-state index contributed by atoms with van der Waals surface area (Å²) in [5.74, 6) is -0.790. The minimum Gasteiger partial charge on any atom is -0.341 e. The Morgan fingerprint density at radius 2 is 2.00 bits per heavy atom. The second kappa shape index (κ2) is 5.78. The second-order valence-corrected chi connectivity index (χ2v) is 6.74. The first-order valence-electron chi connectivity index (χ1n) is 6.39. The van der Waals surface area contributed by atoms with E-state index in [1.165, 1.54) is 18.2 Å². The Kier molecular flexibility index (Phi) is 4.27. The summed E-state index contributed by atoms with van der Waals surface area (Å²) in [5, 5.41) is 0. The van der Waals surface area contributed by atoms with Crippen LogP contribution in [0, 0.1) is 5.82 Å². The fourth-order valence-electron chi connectivity index (χ4n) is 2.22. The van der Waals surface area contributed by atoms with Gasteiger partial charge in [-0.1, -0.05) is 6.07 Å². The van der Waals surface area contributed by atoms with E-state index >= 15 is 0 Å². The fraction of sp³-hybridized carbons (Fsp3) is 0.462. The molecule has 0 unspecified atom stereocenters. The molecule has 0 N–H and O–H groups in total. The number of anilines is 1. The molecule has 1 aromatic rings. The lowest BCUT2D eigenvalue weighted by atomic mass is 10.3. The number of amides is 1. The van der Waals surface area contributed by atoms with Gasteiger partial charge in [0.15, 0.2) is 0 Å². The zero-order valence-corrected chi connectivity index (χ0v) is 12.1. The van der Waals surface area contributed by atoms with Gasteiger partial charge >= 0.3 is 0 Å². The smallest absolute Gasteiger partial charge is 0.243 e. The predicted octanol–water partition coefficient (Wildman–Crippen LogP) is 1.21. The van der Waals surface area contributed by atoms with E-state index in [0.29, 0.717) is 13.1 Å². The van der Waals surface area contributed by atoms with E-state index in [4.69, 9.17) is 0 Å². The molecule has 1 amide bonds. The molecular weight excluding hydrogens is 283 g/mol. The number of benzene rings is 1. The first kappa shape index (κ1) is 14.8. The van der Waals surface area contributed by atoms with Crippen molar-refractivity contribution < 1.29 is 17.6 Å². The molecule has 1 fully saturated rings. The molecule has 2 rings (SSSR count). The number of rotatable bonds is 4. The molecule has 0 radical (unpaired) electrons. The van der Waals surface area contributed by atoms with Crippen molar-refractivity contribution in [2.24, 2.45) is 0 Å².